The minimum Gasteiger partial charge on any atom is -0.493 e. The molecule has 0 bridgehead atoms. The van der Waals surface area contributed by atoms with Crippen LogP contribution in [-0.2, 0) is 0 Å². The summed E-state index contributed by atoms with van der Waals surface area (Å²) in [5.41, 5.74) is 1.02. The number of hydrogen-bond donors (Lipinski definition) is 1. The van der Waals surface area contributed by atoms with Gasteiger partial charge in [-0.25, -0.2) is 0 Å². The zero-order valence-electron chi connectivity index (χ0n) is 13.7. The Bertz CT molecular complexity index is 440. The fraction of sp³-hybridized carbons (Fsp3) is 0.647. The molecule has 0 saturated heterocycles. The zero-order valence-corrected chi connectivity index (χ0v) is 13.7. The largest absolute Gasteiger partial charge is 0.493 e. The molecule has 0 radical (unpaired) electrons. The van der Waals surface area contributed by atoms with Crippen LogP contribution in [0.3, 0.4) is 0 Å². The van der Waals surface area contributed by atoms with E-state index in [0.29, 0.717) is 35.1 Å². The van der Waals surface area contributed by atoms with E-state index in [9.17, 15) is 0 Å². The molecule has 0 aliphatic heterocycles. The van der Waals surface area contributed by atoms with E-state index in [1.165, 1.54) is 19.3 Å². The summed E-state index contributed by atoms with van der Waals surface area (Å²) in [6.45, 7) is 4.65. The van der Waals surface area contributed by atoms with E-state index < -0.39 is 0 Å². The molecule has 1 N–H and O–H groups in total. The summed E-state index contributed by atoms with van der Waals surface area (Å²) in [4.78, 5) is 0. The Balaban J connectivity index is 2.27. The smallest absolute Gasteiger partial charge is 0.203 e. The first-order chi connectivity index (χ1) is 10.1. The van der Waals surface area contributed by atoms with E-state index in [1.54, 1.807) is 21.3 Å². The quantitative estimate of drug-likeness (QED) is 0.892. The lowest BCUT2D eigenvalue weighted by Crippen LogP contribution is -2.37. The van der Waals surface area contributed by atoms with E-state index >= 15 is 0 Å². The second-order valence-electron chi connectivity index (χ2n) is 5.97. The molecule has 1 saturated carbocycles. The van der Waals surface area contributed by atoms with Gasteiger partial charge < -0.3 is 19.5 Å². The van der Waals surface area contributed by atoms with Gasteiger partial charge in [0.15, 0.2) is 11.5 Å². The molecule has 0 amide bonds. The number of benzene rings is 1. The van der Waals surface area contributed by atoms with E-state index in [4.69, 9.17) is 14.2 Å². The maximum absolute atomic E-state index is 5.42. The van der Waals surface area contributed by atoms with Crippen LogP contribution in [0.25, 0.3) is 0 Å². The van der Waals surface area contributed by atoms with Gasteiger partial charge in [-0.1, -0.05) is 20.3 Å². The first kappa shape index (κ1) is 15.8. The van der Waals surface area contributed by atoms with Crippen molar-refractivity contribution in [3.63, 3.8) is 0 Å². The molecular formula is C17H27NO3. The lowest BCUT2D eigenvalue weighted by atomic mass is 9.78. The minimum atomic E-state index is 0.488. The lowest BCUT2D eigenvalue weighted by molar-refractivity contribution is 0.268. The Morgan fingerprint density at radius 3 is 1.86 bits per heavy atom. The van der Waals surface area contributed by atoms with Crippen LogP contribution in [0.5, 0.6) is 17.2 Å². The second kappa shape index (κ2) is 6.92. The molecule has 1 aromatic rings. The summed E-state index contributed by atoms with van der Waals surface area (Å²) in [5.74, 6) is 3.36. The van der Waals surface area contributed by atoms with E-state index in [2.05, 4.69) is 19.2 Å². The number of methoxy groups -OCH3 is 3. The van der Waals surface area contributed by atoms with Crippen LogP contribution in [0, 0.1) is 11.8 Å². The molecule has 0 spiro atoms. The number of ether oxygens (including phenoxy) is 3. The monoisotopic (exact) mass is 293 g/mol. The molecule has 0 aromatic heterocycles. The summed E-state index contributed by atoms with van der Waals surface area (Å²) in [6.07, 6.45) is 3.90. The third kappa shape index (κ3) is 3.36. The van der Waals surface area contributed by atoms with E-state index in [1.807, 2.05) is 12.1 Å². The standard InChI is InChI=1S/C17H27NO3/c1-11-7-6-8-12(2)16(11)18-13-9-14(19-3)17(21-5)15(10-13)20-4/h9-12,16,18H,6-8H2,1-5H3. The summed E-state index contributed by atoms with van der Waals surface area (Å²) in [7, 11) is 4.92. The molecule has 1 aliphatic carbocycles. The number of hydrogen-bond acceptors (Lipinski definition) is 4. The summed E-state index contributed by atoms with van der Waals surface area (Å²) in [6, 6.07) is 4.45. The van der Waals surface area contributed by atoms with Gasteiger partial charge in [-0.15, -0.1) is 0 Å². The van der Waals surface area contributed by atoms with Crippen LogP contribution in [0.15, 0.2) is 12.1 Å². The van der Waals surface area contributed by atoms with Crippen molar-refractivity contribution in [1.82, 2.24) is 0 Å². The minimum absolute atomic E-state index is 0.488. The first-order valence-electron chi connectivity index (χ1n) is 7.67. The molecule has 21 heavy (non-hydrogen) atoms. The molecule has 2 unspecified atom stereocenters. The molecule has 2 rings (SSSR count). The van der Waals surface area contributed by atoms with Crippen LogP contribution in [0.4, 0.5) is 5.69 Å². The van der Waals surface area contributed by atoms with Gasteiger partial charge in [-0.05, 0) is 24.7 Å². The average Bonchev–Trinajstić information content (AvgIpc) is 2.49. The normalized spacial score (nSPS) is 25.3. The van der Waals surface area contributed by atoms with Gasteiger partial charge in [0.05, 0.1) is 21.3 Å². The van der Waals surface area contributed by atoms with Crippen LogP contribution in [0.2, 0.25) is 0 Å². The lowest BCUT2D eigenvalue weighted by Gasteiger charge is -2.36. The van der Waals surface area contributed by atoms with Crippen LogP contribution >= 0.6 is 0 Å². The third-order valence-corrected chi connectivity index (χ3v) is 4.54. The topological polar surface area (TPSA) is 39.7 Å². The molecule has 4 nitrogen and oxygen atoms in total. The highest BCUT2D eigenvalue weighted by Gasteiger charge is 2.28. The van der Waals surface area contributed by atoms with Crippen molar-refractivity contribution >= 4 is 5.69 Å². The maximum Gasteiger partial charge on any atom is 0.203 e. The van der Waals surface area contributed by atoms with Crippen molar-refractivity contribution in [3.05, 3.63) is 12.1 Å². The van der Waals surface area contributed by atoms with E-state index in [-0.39, 0.29) is 0 Å². The van der Waals surface area contributed by atoms with Crippen molar-refractivity contribution in [1.29, 1.82) is 0 Å². The SMILES string of the molecule is COc1cc(NC2C(C)CCCC2C)cc(OC)c1OC. The molecule has 2 atom stereocenters. The highest BCUT2D eigenvalue weighted by molar-refractivity contribution is 5.62. The summed E-state index contributed by atoms with van der Waals surface area (Å²) in [5, 5.41) is 3.67. The fourth-order valence-corrected chi connectivity index (χ4v) is 3.32. The number of nitrogens with one attached hydrogen (secondary N) is 1. The predicted molar refractivity (Wildman–Crippen MR) is 85.7 cm³/mol. The highest BCUT2D eigenvalue weighted by Crippen LogP contribution is 2.41. The zero-order chi connectivity index (χ0) is 15.4. The molecule has 4 heteroatoms. The van der Waals surface area contributed by atoms with Gasteiger partial charge >= 0.3 is 0 Å². The van der Waals surface area contributed by atoms with Gasteiger partial charge in [-0.2, -0.15) is 0 Å². The van der Waals surface area contributed by atoms with Gasteiger partial charge in [0.2, 0.25) is 5.75 Å². The fourth-order valence-electron chi connectivity index (χ4n) is 3.32. The number of rotatable bonds is 5. The van der Waals surface area contributed by atoms with Gasteiger partial charge in [0.25, 0.3) is 0 Å². The van der Waals surface area contributed by atoms with Gasteiger partial charge in [0.1, 0.15) is 0 Å². The summed E-state index contributed by atoms with van der Waals surface area (Å²) >= 11 is 0. The Hall–Kier alpha value is -1.58. The van der Waals surface area contributed by atoms with Gasteiger partial charge in [-0.3, -0.25) is 0 Å². The molecule has 118 valence electrons. The Labute approximate surface area is 127 Å². The average molecular weight is 293 g/mol. The Morgan fingerprint density at radius 2 is 1.43 bits per heavy atom. The van der Waals surface area contributed by atoms with E-state index in [0.717, 1.165) is 5.69 Å². The molecule has 1 aliphatic rings. The van der Waals surface area contributed by atoms with Crippen LogP contribution in [-0.4, -0.2) is 27.4 Å². The van der Waals surface area contributed by atoms with Crippen molar-refractivity contribution in [3.8, 4) is 17.2 Å². The van der Waals surface area contributed by atoms with Crippen LogP contribution < -0.4 is 19.5 Å². The number of anilines is 1. The first-order valence-corrected chi connectivity index (χ1v) is 7.67. The highest BCUT2D eigenvalue weighted by atomic mass is 16.5. The van der Waals surface area contributed by atoms with Crippen molar-refractivity contribution in [2.45, 2.75) is 39.2 Å². The predicted octanol–water partition coefficient (Wildman–Crippen LogP) is 3.95. The van der Waals surface area contributed by atoms with Crippen LogP contribution in [0.1, 0.15) is 33.1 Å². The van der Waals surface area contributed by atoms with Crippen molar-refractivity contribution < 1.29 is 14.2 Å². The maximum atomic E-state index is 5.42. The Morgan fingerprint density at radius 1 is 0.905 bits per heavy atom. The Kier molecular flexibility index (Phi) is 5.21. The second-order valence-corrected chi connectivity index (χ2v) is 5.97. The van der Waals surface area contributed by atoms with Gasteiger partial charge in [0, 0.05) is 23.9 Å². The summed E-state index contributed by atoms with van der Waals surface area (Å²) < 4.78 is 16.2. The van der Waals surface area contributed by atoms with Crippen molar-refractivity contribution in [2.24, 2.45) is 11.8 Å². The molecule has 1 aromatic carbocycles. The molecule has 0 heterocycles. The molecular weight excluding hydrogens is 266 g/mol. The van der Waals surface area contributed by atoms with Crippen molar-refractivity contribution in [2.75, 3.05) is 26.6 Å². The molecule has 1 fully saturated rings. The third-order valence-electron chi connectivity index (χ3n) is 4.54.